The topological polar surface area (TPSA) is 44.4 Å². The molecule has 0 saturated carbocycles. The van der Waals surface area contributed by atoms with E-state index in [1.165, 1.54) is 32.4 Å². The maximum Gasteiger partial charge on any atom is 0.135 e. The van der Waals surface area contributed by atoms with Crippen LogP contribution in [0, 0.1) is 17.6 Å². The van der Waals surface area contributed by atoms with Gasteiger partial charge in [0.25, 0.3) is 0 Å². The van der Waals surface area contributed by atoms with Crippen LogP contribution in [0.2, 0.25) is 0 Å². The van der Waals surface area contributed by atoms with Gasteiger partial charge >= 0.3 is 0 Å². The molecule has 2 aromatic carbocycles. The van der Waals surface area contributed by atoms with Crippen molar-refractivity contribution < 1.29 is 17.9 Å². The van der Waals surface area contributed by atoms with Crippen molar-refractivity contribution in [3.8, 4) is 5.75 Å². The summed E-state index contributed by atoms with van der Waals surface area (Å²) in [6.07, 6.45) is 3.54. The predicted octanol–water partition coefficient (Wildman–Crippen LogP) is 5.82. The number of nitrogens with zero attached hydrogens (tertiary/aromatic N) is 3. The third kappa shape index (κ3) is 4.74. The van der Waals surface area contributed by atoms with Gasteiger partial charge in [-0.25, -0.2) is 13.2 Å². The molecule has 3 heterocycles. The highest BCUT2D eigenvalue weighted by atomic mass is 19.1. The summed E-state index contributed by atoms with van der Waals surface area (Å²) in [5, 5.41) is 8.08. The highest BCUT2D eigenvalue weighted by molar-refractivity contribution is 5.84. The summed E-state index contributed by atoms with van der Waals surface area (Å²) in [6.45, 7) is 12.2. The van der Waals surface area contributed by atoms with E-state index in [9.17, 15) is 0 Å². The zero-order chi connectivity index (χ0) is 26.5. The fourth-order valence-corrected chi connectivity index (χ4v) is 6.26. The molecule has 0 aliphatic carbocycles. The van der Waals surface area contributed by atoms with Gasteiger partial charge in [-0.3, -0.25) is 14.9 Å². The van der Waals surface area contributed by atoms with Crippen molar-refractivity contribution in [2.45, 2.75) is 64.7 Å². The number of hydrogen-bond acceptors (Lipinski definition) is 4. The van der Waals surface area contributed by atoms with Crippen LogP contribution >= 0.6 is 0 Å². The van der Waals surface area contributed by atoms with E-state index in [-0.39, 0.29) is 23.9 Å². The molecular weight excluding hydrogens is 477 g/mol. The van der Waals surface area contributed by atoms with Crippen molar-refractivity contribution in [2.24, 2.45) is 5.92 Å². The maximum absolute atomic E-state index is 15.9. The fraction of sp³-hybridized carbons (Fsp3) is 0.552. The monoisotopic (exact) mass is 514 g/mol. The molecule has 0 amide bonds. The van der Waals surface area contributed by atoms with Crippen LogP contribution < -0.4 is 4.74 Å². The van der Waals surface area contributed by atoms with Crippen LogP contribution in [-0.4, -0.2) is 64.5 Å². The van der Waals surface area contributed by atoms with Gasteiger partial charge in [-0.15, -0.1) is 0 Å². The molecule has 8 heteroatoms. The second-order valence-electron chi connectivity index (χ2n) is 11.5. The third-order valence-corrected chi connectivity index (χ3v) is 8.20. The number of ether oxygens (including phenoxy) is 1. The molecule has 0 spiro atoms. The van der Waals surface area contributed by atoms with Crippen molar-refractivity contribution in [1.29, 1.82) is 0 Å². The van der Waals surface area contributed by atoms with Crippen molar-refractivity contribution in [2.75, 3.05) is 32.8 Å². The number of benzene rings is 2. The van der Waals surface area contributed by atoms with E-state index < -0.39 is 22.8 Å². The second-order valence-corrected chi connectivity index (χ2v) is 11.5. The standard InChI is InChI=1S/C29H37F3N4O/c1-6-19-15-35(16-19)9-10-37-20-12-24(30)27(25(31)13-20)29(5)23-7-8-26-22(14-33-34-26)21(23)11-18(2)36(29)17-28(3,4)32/h7-8,12-14,18-19H,6,9-11,15-17H2,1-5H3,(H,33,34)/t18-,29+/m1/s1. The molecule has 5 nitrogen and oxygen atoms in total. The van der Waals surface area contributed by atoms with Crippen molar-refractivity contribution in [3.05, 3.63) is 58.8 Å². The summed E-state index contributed by atoms with van der Waals surface area (Å²) in [4.78, 5) is 4.18. The number of likely N-dealkylation sites (tertiary alicyclic amines) is 1. The first-order valence-corrected chi connectivity index (χ1v) is 13.3. The Balaban J connectivity index is 1.52. The Labute approximate surface area is 217 Å². The summed E-state index contributed by atoms with van der Waals surface area (Å²) in [5.74, 6) is -0.485. The predicted molar refractivity (Wildman–Crippen MR) is 140 cm³/mol. The first-order valence-electron chi connectivity index (χ1n) is 13.3. The number of aromatic amines is 1. The van der Waals surface area contributed by atoms with Crippen LogP contribution in [0.3, 0.4) is 0 Å². The summed E-state index contributed by atoms with van der Waals surface area (Å²) in [7, 11) is 0. The van der Waals surface area contributed by atoms with Crippen molar-refractivity contribution >= 4 is 10.9 Å². The van der Waals surface area contributed by atoms with E-state index in [4.69, 9.17) is 4.74 Å². The molecule has 0 unspecified atom stereocenters. The summed E-state index contributed by atoms with van der Waals surface area (Å²) >= 11 is 0. The molecular formula is C29H37F3N4O. The lowest BCUT2D eigenvalue weighted by Crippen LogP contribution is -2.57. The Bertz CT molecular complexity index is 1260. The van der Waals surface area contributed by atoms with E-state index in [1.54, 1.807) is 13.1 Å². The number of rotatable bonds is 8. The number of hydrogen-bond donors (Lipinski definition) is 1. The van der Waals surface area contributed by atoms with Gasteiger partial charge in [-0.2, -0.15) is 5.10 Å². The van der Waals surface area contributed by atoms with Crippen LogP contribution in [0.25, 0.3) is 10.9 Å². The molecule has 1 aromatic heterocycles. The average Bonchev–Trinajstić information content (AvgIpc) is 3.26. The molecule has 5 rings (SSSR count). The van der Waals surface area contributed by atoms with E-state index >= 15 is 13.2 Å². The van der Waals surface area contributed by atoms with E-state index in [1.807, 2.05) is 24.0 Å². The Hall–Kier alpha value is -2.58. The lowest BCUT2D eigenvalue weighted by Gasteiger charge is -2.51. The van der Waals surface area contributed by atoms with Crippen LogP contribution in [0.4, 0.5) is 13.2 Å². The number of fused-ring (bicyclic) bond motifs is 3. The maximum atomic E-state index is 15.9. The Morgan fingerprint density at radius 1 is 1.19 bits per heavy atom. The van der Waals surface area contributed by atoms with Crippen LogP contribution in [-0.2, 0) is 12.0 Å². The van der Waals surface area contributed by atoms with E-state index in [0.717, 1.165) is 47.6 Å². The summed E-state index contributed by atoms with van der Waals surface area (Å²) < 4.78 is 52.6. The Morgan fingerprint density at radius 2 is 1.89 bits per heavy atom. The number of H-pyrrole nitrogens is 1. The molecule has 1 fully saturated rings. The number of halogens is 3. The molecule has 2 aliphatic heterocycles. The SMILES string of the molecule is CCC1CN(CCOc2cc(F)c([C@]3(C)c4ccc5[nH]ncc5c4C[C@@H](C)N3CC(C)(C)F)c(F)c2)C1. The minimum absolute atomic E-state index is 0.0270. The lowest BCUT2D eigenvalue weighted by atomic mass is 9.73. The Morgan fingerprint density at radius 3 is 2.54 bits per heavy atom. The Kier molecular flexibility index (Phi) is 6.77. The van der Waals surface area contributed by atoms with Crippen LogP contribution in [0.1, 0.15) is 57.7 Å². The average molecular weight is 515 g/mol. The normalized spacial score (nSPS) is 23.3. The summed E-state index contributed by atoms with van der Waals surface area (Å²) in [6, 6.07) is 6.14. The van der Waals surface area contributed by atoms with Crippen LogP contribution in [0.15, 0.2) is 30.5 Å². The molecule has 3 aromatic rings. The molecule has 1 saturated heterocycles. The zero-order valence-corrected chi connectivity index (χ0v) is 22.4. The quantitative estimate of drug-likeness (QED) is 0.412. The minimum Gasteiger partial charge on any atom is -0.492 e. The summed E-state index contributed by atoms with van der Waals surface area (Å²) in [5.41, 5.74) is -0.276. The van der Waals surface area contributed by atoms with Gasteiger partial charge in [0.05, 0.1) is 17.3 Å². The second kappa shape index (κ2) is 9.62. The first kappa shape index (κ1) is 26.0. The molecule has 2 aliphatic rings. The zero-order valence-electron chi connectivity index (χ0n) is 22.4. The van der Waals surface area contributed by atoms with E-state index in [2.05, 4.69) is 22.0 Å². The van der Waals surface area contributed by atoms with Gasteiger partial charge < -0.3 is 4.74 Å². The lowest BCUT2D eigenvalue weighted by molar-refractivity contribution is 0.0176. The van der Waals surface area contributed by atoms with Gasteiger partial charge in [0, 0.05) is 55.3 Å². The molecule has 0 radical (unpaired) electrons. The van der Waals surface area contributed by atoms with Gasteiger partial charge in [-0.1, -0.05) is 19.4 Å². The van der Waals surface area contributed by atoms with Crippen molar-refractivity contribution in [3.63, 3.8) is 0 Å². The van der Waals surface area contributed by atoms with Gasteiger partial charge in [-0.05, 0) is 57.2 Å². The molecule has 37 heavy (non-hydrogen) atoms. The highest BCUT2D eigenvalue weighted by Crippen LogP contribution is 2.47. The fourth-order valence-electron chi connectivity index (χ4n) is 6.26. The first-order chi connectivity index (χ1) is 17.5. The smallest absolute Gasteiger partial charge is 0.135 e. The number of aromatic nitrogens is 2. The molecule has 200 valence electrons. The highest BCUT2D eigenvalue weighted by Gasteiger charge is 2.48. The molecule has 2 atom stereocenters. The molecule has 1 N–H and O–H groups in total. The number of nitrogens with one attached hydrogen (secondary N) is 1. The van der Waals surface area contributed by atoms with Gasteiger partial charge in [0.2, 0.25) is 0 Å². The third-order valence-electron chi connectivity index (χ3n) is 8.20. The van der Waals surface area contributed by atoms with Crippen LogP contribution in [0.5, 0.6) is 5.75 Å². The molecule has 0 bridgehead atoms. The van der Waals surface area contributed by atoms with Gasteiger partial charge in [0.15, 0.2) is 0 Å². The van der Waals surface area contributed by atoms with Crippen molar-refractivity contribution in [1.82, 2.24) is 20.0 Å². The largest absolute Gasteiger partial charge is 0.492 e. The minimum atomic E-state index is -1.56. The van der Waals surface area contributed by atoms with Gasteiger partial charge in [0.1, 0.15) is 29.7 Å². The number of alkyl halides is 1. The van der Waals surface area contributed by atoms with E-state index in [0.29, 0.717) is 13.0 Å².